The summed E-state index contributed by atoms with van der Waals surface area (Å²) < 4.78 is 0. The molecule has 2 heteroatoms. The summed E-state index contributed by atoms with van der Waals surface area (Å²) in [6.45, 7) is 0. The van der Waals surface area contributed by atoms with Gasteiger partial charge in [0.15, 0.2) is 0 Å². The Morgan fingerprint density at radius 3 is 2.78 bits per heavy atom. The molecule has 0 saturated heterocycles. The van der Waals surface area contributed by atoms with Crippen molar-refractivity contribution in [1.29, 1.82) is 0 Å². The lowest BCUT2D eigenvalue weighted by molar-refractivity contribution is 0.421. The van der Waals surface area contributed by atoms with Crippen LogP contribution in [-0.4, -0.2) is 12.1 Å². The average Bonchev–Trinajstić information content (AvgIpc) is 1.90. The van der Waals surface area contributed by atoms with Crippen molar-refractivity contribution in [3.63, 3.8) is 0 Å². The maximum Gasteiger partial charge on any atom is 0.0291 e. The third kappa shape index (κ3) is 1.57. The minimum atomic E-state index is 1.07. The second-order valence-electron chi connectivity index (χ2n) is 2.24. The van der Waals surface area contributed by atoms with Gasteiger partial charge in [0.2, 0.25) is 0 Å². The fourth-order valence-electron chi connectivity index (χ4n) is 0.884. The average molecular weight is 124 g/mol. The lowest BCUT2D eigenvalue weighted by Crippen LogP contribution is -2.25. The van der Waals surface area contributed by atoms with Crippen molar-refractivity contribution in [2.75, 3.05) is 7.05 Å². The van der Waals surface area contributed by atoms with E-state index in [1.54, 1.807) is 5.01 Å². The van der Waals surface area contributed by atoms with Gasteiger partial charge in [-0.1, -0.05) is 12.2 Å². The van der Waals surface area contributed by atoms with Crippen LogP contribution in [0, 0.1) is 0 Å². The van der Waals surface area contributed by atoms with E-state index < -0.39 is 0 Å². The van der Waals surface area contributed by atoms with Gasteiger partial charge in [-0.2, -0.15) is 0 Å². The Bertz CT molecular complexity index is 145. The van der Waals surface area contributed by atoms with Gasteiger partial charge in [-0.05, 0) is 18.9 Å². The fourth-order valence-corrected chi connectivity index (χ4v) is 0.884. The topological polar surface area (TPSA) is 29.3 Å². The zero-order chi connectivity index (χ0) is 6.69. The Balaban J connectivity index is 2.57. The Morgan fingerprint density at radius 2 is 2.44 bits per heavy atom. The van der Waals surface area contributed by atoms with E-state index in [9.17, 15) is 0 Å². The van der Waals surface area contributed by atoms with Crippen molar-refractivity contribution in [1.82, 2.24) is 5.01 Å². The van der Waals surface area contributed by atoms with Crippen molar-refractivity contribution < 1.29 is 0 Å². The third-order valence-corrected chi connectivity index (χ3v) is 1.44. The standard InChI is InChI=1S/C7H12N2/c1-9(8)7-5-3-2-4-6-7/h2-3,5H,4,6,8H2,1H3. The highest BCUT2D eigenvalue weighted by atomic mass is 15.4. The molecule has 1 rings (SSSR count). The monoisotopic (exact) mass is 124 g/mol. The highest BCUT2D eigenvalue weighted by molar-refractivity contribution is 5.15. The van der Waals surface area contributed by atoms with Crippen LogP contribution in [0.1, 0.15) is 12.8 Å². The molecule has 0 aromatic rings. The molecule has 0 aliphatic heterocycles. The number of nitrogens with two attached hydrogens (primary N) is 1. The predicted octanol–water partition coefficient (Wildman–Crippen LogP) is 1.03. The van der Waals surface area contributed by atoms with Gasteiger partial charge in [-0.15, -0.1) is 0 Å². The lowest BCUT2D eigenvalue weighted by atomic mass is 10.1. The van der Waals surface area contributed by atoms with Gasteiger partial charge < -0.3 is 5.01 Å². The molecule has 1 aliphatic carbocycles. The molecular formula is C7H12N2. The maximum atomic E-state index is 5.50. The second kappa shape index (κ2) is 2.69. The molecule has 0 spiro atoms. The SMILES string of the molecule is CN(N)C1=CC=CCC1. The summed E-state index contributed by atoms with van der Waals surface area (Å²) in [5, 5.41) is 1.67. The molecule has 50 valence electrons. The highest BCUT2D eigenvalue weighted by Gasteiger charge is 1.99. The molecule has 0 fully saturated rings. The summed E-state index contributed by atoms with van der Waals surface area (Å²) in [5.74, 6) is 5.50. The van der Waals surface area contributed by atoms with Gasteiger partial charge in [0.1, 0.15) is 0 Å². The molecule has 0 amide bonds. The van der Waals surface area contributed by atoms with E-state index in [0.717, 1.165) is 12.8 Å². The maximum absolute atomic E-state index is 5.50. The van der Waals surface area contributed by atoms with Crippen molar-refractivity contribution in [3.05, 3.63) is 23.9 Å². The van der Waals surface area contributed by atoms with Crippen LogP contribution in [0.4, 0.5) is 0 Å². The zero-order valence-corrected chi connectivity index (χ0v) is 5.67. The summed E-state index contributed by atoms with van der Waals surface area (Å²) in [6, 6.07) is 0. The third-order valence-electron chi connectivity index (χ3n) is 1.44. The van der Waals surface area contributed by atoms with Gasteiger partial charge >= 0.3 is 0 Å². The fraction of sp³-hybridized carbons (Fsp3) is 0.429. The van der Waals surface area contributed by atoms with Crippen LogP contribution in [0.2, 0.25) is 0 Å². The van der Waals surface area contributed by atoms with Crippen LogP contribution in [0.25, 0.3) is 0 Å². The first-order valence-corrected chi connectivity index (χ1v) is 3.15. The van der Waals surface area contributed by atoms with Crippen LogP contribution in [0.15, 0.2) is 23.9 Å². The zero-order valence-electron chi connectivity index (χ0n) is 5.67. The van der Waals surface area contributed by atoms with E-state index in [1.165, 1.54) is 5.70 Å². The van der Waals surface area contributed by atoms with Crippen molar-refractivity contribution in [2.24, 2.45) is 5.84 Å². The Kier molecular flexibility index (Phi) is 1.90. The molecule has 0 saturated carbocycles. The van der Waals surface area contributed by atoms with E-state index >= 15 is 0 Å². The highest BCUT2D eigenvalue weighted by Crippen LogP contribution is 2.11. The van der Waals surface area contributed by atoms with Gasteiger partial charge in [0, 0.05) is 12.7 Å². The lowest BCUT2D eigenvalue weighted by Gasteiger charge is -2.17. The molecule has 2 N–H and O–H groups in total. The van der Waals surface area contributed by atoms with Crippen LogP contribution in [0.5, 0.6) is 0 Å². The van der Waals surface area contributed by atoms with Crippen LogP contribution in [-0.2, 0) is 0 Å². The van der Waals surface area contributed by atoms with Crippen LogP contribution in [0.3, 0.4) is 0 Å². The summed E-state index contributed by atoms with van der Waals surface area (Å²) in [5.41, 5.74) is 1.21. The number of rotatable bonds is 1. The van der Waals surface area contributed by atoms with Crippen molar-refractivity contribution in [2.45, 2.75) is 12.8 Å². The number of hydrazine groups is 1. The first-order valence-electron chi connectivity index (χ1n) is 3.15. The predicted molar refractivity (Wildman–Crippen MR) is 38.4 cm³/mol. The summed E-state index contributed by atoms with van der Waals surface area (Å²) in [6.07, 6.45) is 8.43. The van der Waals surface area contributed by atoms with E-state index in [2.05, 4.69) is 6.08 Å². The Hall–Kier alpha value is -0.760. The number of allylic oxidation sites excluding steroid dienone is 4. The van der Waals surface area contributed by atoms with Gasteiger partial charge in [0.05, 0.1) is 0 Å². The van der Waals surface area contributed by atoms with Crippen molar-refractivity contribution >= 4 is 0 Å². The van der Waals surface area contributed by atoms with Crippen molar-refractivity contribution in [3.8, 4) is 0 Å². The van der Waals surface area contributed by atoms with E-state index in [4.69, 9.17) is 5.84 Å². The van der Waals surface area contributed by atoms with Gasteiger partial charge in [-0.3, -0.25) is 0 Å². The van der Waals surface area contributed by atoms with E-state index in [-0.39, 0.29) is 0 Å². The summed E-state index contributed by atoms with van der Waals surface area (Å²) in [7, 11) is 1.87. The van der Waals surface area contributed by atoms with Gasteiger partial charge in [-0.25, -0.2) is 5.84 Å². The molecule has 0 heterocycles. The normalized spacial score (nSPS) is 17.3. The van der Waals surface area contributed by atoms with Crippen LogP contribution < -0.4 is 5.84 Å². The second-order valence-corrected chi connectivity index (χ2v) is 2.24. The minimum Gasteiger partial charge on any atom is -0.318 e. The van der Waals surface area contributed by atoms with Crippen LogP contribution >= 0.6 is 0 Å². The first kappa shape index (κ1) is 6.36. The molecule has 9 heavy (non-hydrogen) atoms. The Morgan fingerprint density at radius 1 is 1.67 bits per heavy atom. The first-order chi connectivity index (χ1) is 4.30. The molecule has 0 unspecified atom stereocenters. The number of nitrogens with zero attached hydrogens (tertiary/aromatic N) is 1. The minimum absolute atomic E-state index is 1.07. The molecule has 0 atom stereocenters. The number of hydrogen-bond donors (Lipinski definition) is 1. The van der Waals surface area contributed by atoms with Gasteiger partial charge in [0.25, 0.3) is 0 Å². The summed E-state index contributed by atoms with van der Waals surface area (Å²) >= 11 is 0. The van der Waals surface area contributed by atoms with E-state index in [1.807, 2.05) is 19.2 Å². The molecule has 0 aromatic heterocycles. The largest absolute Gasteiger partial charge is 0.318 e. The van der Waals surface area contributed by atoms with E-state index in [0.29, 0.717) is 0 Å². The molecule has 0 radical (unpaired) electrons. The Labute approximate surface area is 55.6 Å². The molecule has 1 aliphatic rings. The molecule has 0 aromatic carbocycles. The molecular weight excluding hydrogens is 112 g/mol. The number of hydrogen-bond acceptors (Lipinski definition) is 2. The summed E-state index contributed by atoms with van der Waals surface area (Å²) in [4.78, 5) is 0. The molecule has 2 nitrogen and oxygen atoms in total. The quantitative estimate of drug-likeness (QED) is 0.418. The smallest absolute Gasteiger partial charge is 0.0291 e. The molecule has 0 bridgehead atoms.